The molecule has 0 spiro atoms. The molecule has 0 saturated carbocycles. The number of nitrogens with zero attached hydrogens (tertiary/aromatic N) is 1. The lowest BCUT2D eigenvalue weighted by Gasteiger charge is -2.32. The van der Waals surface area contributed by atoms with Crippen molar-refractivity contribution in [1.29, 1.82) is 0 Å². The van der Waals surface area contributed by atoms with E-state index in [4.69, 9.17) is 13.9 Å². The van der Waals surface area contributed by atoms with Crippen LogP contribution >= 0.6 is 0 Å². The normalized spacial score (nSPS) is 14.9. The molecule has 1 saturated heterocycles. The molecule has 2 aromatic rings. The summed E-state index contributed by atoms with van der Waals surface area (Å²) in [5, 5.41) is 3.00. The van der Waals surface area contributed by atoms with Crippen LogP contribution in [0, 0.1) is 0 Å². The molecule has 1 aliphatic rings. The van der Waals surface area contributed by atoms with Gasteiger partial charge in [-0.25, -0.2) is 0 Å². The third-order valence-electron chi connectivity index (χ3n) is 4.73. The molecule has 1 aromatic carbocycles. The Morgan fingerprint density at radius 1 is 1.14 bits per heavy atom. The van der Waals surface area contributed by atoms with Gasteiger partial charge in [-0.3, -0.25) is 9.59 Å². The Kier molecular flexibility index (Phi) is 6.37. The van der Waals surface area contributed by atoms with Crippen LogP contribution in [-0.4, -0.2) is 50.1 Å². The summed E-state index contributed by atoms with van der Waals surface area (Å²) in [5.74, 6) is 1.06. The molecule has 2 amide bonds. The van der Waals surface area contributed by atoms with Crippen LogP contribution < -0.4 is 14.8 Å². The zero-order valence-electron chi connectivity index (χ0n) is 16.0. The van der Waals surface area contributed by atoms with E-state index in [1.54, 1.807) is 37.3 Å². The van der Waals surface area contributed by atoms with Gasteiger partial charge in [-0.2, -0.15) is 0 Å². The molecule has 1 aromatic heterocycles. The summed E-state index contributed by atoms with van der Waals surface area (Å²) < 4.78 is 15.4. The predicted octanol–water partition coefficient (Wildman–Crippen LogP) is 2.73. The van der Waals surface area contributed by atoms with Crippen molar-refractivity contribution >= 4 is 17.9 Å². The highest BCUT2D eigenvalue weighted by molar-refractivity contribution is 5.94. The third kappa shape index (κ3) is 4.73. The van der Waals surface area contributed by atoms with E-state index in [9.17, 15) is 9.59 Å². The first-order valence-electron chi connectivity index (χ1n) is 9.13. The molecule has 3 rings (SSSR count). The highest BCUT2D eigenvalue weighted by Crippen LogP contribution is 2.27. The molecule has 0 atom stereocenters. The quantitative estimate of drug-likeness (QED) is 0.775. The lowest BCUT2D eigenvalue weighted by atomic mass is 10.0. The average Bonchev–Trinajstić information content (AvgIpc) is 3.27. The number of ether oxygens (including phenoxy) is 2. The minimum atomic E-state index is -0.158. The zero-order valence-corrected chi connectivity index (χ0v) is 16.0. The van der Waals surface area contributed by atoms with Gasteiger partial charge in [-0.05, 0) is 42.7 Å². The molecule has 1 aliphatic heterocycles. The number of likely N-dealkylation sites (tertiary alicyclic amines) is 1. The molecule has 0 radical (unpaired) electrons. The molecular formula is C21H24N2O5. The first-order valence-corrected chi connectivity index (χ1v) is 9.13. The van der Waals surface area contributed by atoms with Gasteiger partial charge in [0.15, 0.2) is 11.5 Å². The van der Waals surface area contributed by atoms with Crippen LogP contribution in [0.1, 0.15) is 28.8 Å². The number of furan rings is 1. The summed E-state index contributed by atoms with van der Waals surface area (Å²) in [4.78, 5) is 26.3. The number of rotatable bonds is 6. The average molecular weight is 384 g/mol. The van der Waals surface area contributed by atoms with E-state index in [0.29, 0.717) is 30.2 Å². The summed E-state index contributed by atoms with van der Waals surface area (Å²) in [6.07, 6.45) is 7.62. The number of hydrogen-bond donors (Lipinski definition) is 1. The smallest absolute Gasteiger partial charge is 0.257 e. The van der Waals surface area contributed by atoms with Crippen LogP contribution in [-0.2, 0) is 4.79 Å². The number of benzene rings is 1. The standard InChI is InChI=1S/C21H24N2O5/c1-26-18-5-3-15(13-19(18)27-2)4-6-20(24)22-17-7-10-23(11-8-17)21(25)16-9-12-28-14-16/h3-6,9,12-14,17H,7-8,10-11H2,1-2H3,(H,22,24)/b6-4+. The van der Waals surface area contributed by atoms with E-state index in [2.05, 4.69) is 5.32 Å². The third-order valence-corrected chi connectivity index (χ3v) is 4.73. The van der Waals surface area contributed by atoms with E-state index in [-0.39, 0.29) is 17.9 Å². The van der Waals surface area contributed by atoms with Crippen molar-refractivity contribution in [3.63, 3.8) is 0 Å². The Morgan fingerprint density at radius 2 is 1.89 bits per heavy atom. The topological polar surface area (TPSA) is 81.0 Å². The van der Waals surface area contributed by atoms with Gasteiger partial charge in [0.05, 0.1) is 26.0 Å². The molecule has 2 heterocycles. The number of nitrogens with one attached hydrogen (secondary N) is 1. The van der Waals surface area contributed by atoms with E-state index in [1.807, 2.05) is 12.1 Å². The van der Waals surface area contributed by atoms with E-state index < -0.39 is 0 Å². The van der Waals surface area contributed by atoms with Crippen molar-refractivity contribution in [1.82, 2.24) is 10.2 Å². The summed E-state index contributed by atoms with van der Waals surface area (Å²) >= 11 is 0. The molecule has 148 valence electrons. The SMILES string of the molecule is COc1ccc(/C=C/C(=O)NC2CCN(C(=O)c3ccoc3)CC2)cc1OC. The van der Waals surface area contributed by atoms with Gasteiger partial charge in [-0.1, -0.05) is 6.07 Å². The van der Waals surface area contributed by atoms with Crippen molar-refractivity contribution in [2.75, 3.05) is 27.3 Å². The molecule has 0 bridgehead atoms. The molecule has 7 heteroatoms. The number of methoxy groups -OCH3 is 2. The molecule has 28 heavy (non-hydrogen) atoms. The second-order valence-corrected chi connectivity index (χ2v) is 6.53. The van der Waals surface area contributed by atoms with Crippen molar-refractivity contribution in [3.05, 3.63) is 54.0 Å². The monoisotopic (exact) mass is 384 g/mol. The van der Waals surface area contributed by atoms with Gasteiger partial charge in [0.25, 0.3) is 5.91 Å². The van der Waals surface area contributed by atoms with Gasteiger partial charge in [0, 0.05) is 25.2 Å². The van der Waals surface area contributed by atoms with Crippen LogP contribution in [0.2, 0.25) is 0 Å². The largest absolute Gasteiger partial charge is 0.493 e. The number of carbonyl (C=O) groups is 2. The summed E-state index contributed by atoms with van der Waals surface area (Å²) in [7, 11) is 3.15. The van der Waals surface area contributed by atoms with Crippen LogP contribution in [0.5, 0.6) is 11.5 Å². The van der Waals surface area contributed by atoms with E-state index >= 15 is 0 Å². The van der Waals surface area contributed by atoms with Crippen molar-refractivity contribution in [3.8, 4) is 11.5 Å². The van der Waals surface area contributed by atoms with Gasteiger partial charge in [0.2, 0.25) is 5.91 Å². The lowest BCUT2D eigenvalue weighted by molar-refractivity contribution is -0.117. The number of hydrogen-bond acceptors (Lipinski definition) is 5. The minimum absolute atomic E-state index is 0.0353. The van der Waals surface area contributed by atoms with Gasteiger partial charge < -0.3 is 24.1 Å². The Morgan fingerprint density at radius 3 is 2.54 bits per heavy atom. The molecular weight excluding hydrogens is 360 g/mol. The maximum atomic E-state index is 12.3. The van der Waals surface area contributed by atoms with Crippen LogP contribution in [0.4, 0.5) is 0 Å². The van der Waals surface area contributed by atoms with Crippen LogP contribution in [0.15, 0.2) is 47.3 Å². The summed E-state index contributed by atoms with van der Waals surface area (Å²) in [6, 6.07) is 7.17. The van der Waals surface area contributed by atoms with Gasteiger partial charge in [-0.15, -0.1) is 0 Å². The minimum Gasteiger partial charge on any atom is -0.493 e. The Labute approximate surface area is 163 Å². The molecule has 1 N–H and O–H groups in total. The number of carbonyl (C=O) groups excluding carboxylic acids is 2. The highest BCUT2D eigenvalue weighted by Gasteiger charge is 2.24. The summed E-state index contributed by atoms with van der Waals surface area (Å²) in [5.41, 5.74) is 1.40. The van der Waals surface area contributed by atoms with Crippen molar-refractivity contribution in [2.24, 2.45) is 0 Å². The molecule has 7 nitrogen and oxygen atoms in total. The van der Waals surface area contributed by atoms with Crippen LogP contribution in [0.25, 0.3) is 6.08 Å². The Bertz CT molecular complexity index is 836. The fourth-order valence-corrected chi connectivity index (χ4v) is 3.17. The Hall–Kier alpha value is -3.22. The maximum absolute atomic E-state index is 12.3. The van der Waals surface area contributed by atoms with Crippen molar-refractivity contribution in [2.45, 2.75) is 18.9 Å². The predicted molar refractivity (Wildman–Crippen MR) is 104 cm³/mol. The second kappa shape index (κ2) is 9.12. The molecule has 1 fully saturated rings. The second-order valence-electron chi connectivity index (χ2n) is 6.53. The first-order chi connectivity index (χ1) is 13.6. The van der Waals surface area contributed by atoms with E-state index in [0.717, 1.165) is 18.4 Å². The van der Waals surface area contributed by atoms with Crippen LogP contribution in [0.3, 0.4) is 0 Å². The van der Waals surface area contributed by atoms with Gasteiger partial charge in [0.1, 0.15) is 6.26 Å². The molecule has 0 unspecified atom stereocenters. The first kappa shape index (κ1) is 19.5. The summed E-state index contributed by atoms with van der Waals surface area (Å²) in [6.45, 7) is 1.21. The van der Waals surface area contributed by atoms with E-state index in [1.165, 1.54) is 18.6 Å². The fourth-order valence-electron chi connectivity index (χ4n) is 3.17. The highest BCUT2D eigenvalue weighted by atomic mass is 16.5. The Balaban J connectivity index is 1.49. The number of piperidine rings is 1. The molecule has 0 aliphatic carbocycles. The number of amides is 2. The zero-order chi connectivity index (χ0) is 19.9. The maximum Gasteiger partial charge on any atom is 0.257 e. The van der Waals surface area contributed by atoms with Crippen molar-refractivity contribution < 1.29 is 23.5 Å². The van der Waals surface area contributed by atoms with Gasteiger partial charge >= 0.3 is 0 Å². The lowest BCUT2D eigenvalue weighted by Crippen LogP contribution is -2.46. The fraction of sp³-hybridized carbons (Fsp3) is 0.333.